The van der Waals surface area contributed by atoms with E-state index in [4.69, 9.17) is 5.73 Å². The van der Waals surface area contributed by atoms with Crippen LogP contribution in [0.1, 0.15) is 77.3 Å². The summed E-state index contributed by atoms with van der Waals surface area (Å²) in [5.74, 6) is 0.546. The number of fused-ring (bicyclic) bond motifs is 1. The van der Waals surface area contributed by atoms with Crippen LogP contribution in [0.5, 0.6) is 0 Å². The first-order chi connectivity index (χ1) is 13.5. The third-order valence-electron chi connectivity index (χ3n) is 6.86. The van der Waals surface area contributed by atoms with Crippen molar-refractivity contribution < 1.29 is 9.90 Å². The van der Waals surface area contributed by atoms with Crippen LogP contribution < -0.4 is 5.73 Å². The molecule has 1 fully saturated rings. The fraction of sp³-hybridized carbons (Fsp3) is 0.542. The van der Waals surface area contributed by atoms with E-state index in [0.717, 1.165) is 37.8 Å². The molecule has 4 nitrogen and oxygen atoms in total. The second-order valence-corrected chi connectivity index (χ2v) is 8.90. The summed E-state index contributed by atoms with van der Waals surface area (Å²) in [7, 11) is 1.98. The molecule has 0 amide bonds. The Morgan fingerprint density at radius 2 is 2.07 bits per heavy atom. The lowest BCUT2D eigenvalue weighted by Crippen LogP contribution is -2.40. The van der Waals surface area contributed by atoms with Crippen LogP contribution in [-0.4, -0.2) is 27.6 Å². The third-order valence-corrected chi connectivity index (χ3v) is 6.86. The lowest BCUT2D eigenvalue weighted by Gasteiger charge is -2.21. The standard InChI is InChI=1S/C24H32N2O2/c1-26-21(20-12-13-24(25,15-20)16-27)10-11-22(26)23(28)7-2-4-17-8-9-18-5-3-6-19(18)14-17/h8-11,14,20,27H,2-7,12-13,15-16,25H2,1H3/t20-,24+/m0/s1. The average molecular weight is 381 g/mol. The minimum Gasteiger partial charge on any atom is -0.394 e. The van der Waals surface area contributed by atoms with Crippen molar-refractivity contribution in [1.82, 2.24) is 4.57 Å². The first-order valence-corrected chi connectivity index (χ1v) is 10.7. The molecule has 0 saturated heterocycles. The van der Waals surface area contributed by atoms with E-state index in [1.165, 1.54) is 41.6 Å². The molecular formula is C24H32N2O2. The van der Waals surface area contributed by atoms with Crippen molar-refractivity contribution in [2.45, 2.75) is 69.2 Å². The Hall–Kier alpha value is -1.91. The lowest BCUT2D eigenvalue weighted by molar-refractivity contribution is 0.0972. The van der Waals surface area contributed by atoms with Gasteiger partial charge in [-0.1, -0.05) is 18.2 Å². The zero-order chi connectivity index (χ0) is 19.7. The zero-order valence-electron chi connectivity index (χ0n) is 16.9. The molecule has 28 heavy (non-hydrogen) atoms. The number of rotatable bonds is 7. The lowest BCUT2D eigenvalue weighted by atomic mass is 9.97. The number of nitrogens with two attached hydrogens (primary N) is 1. The maximum absolute atomic E-state index is 12.8. The molecule has 2 aliphatic carbocycles. The van der Waals surface area contributed by atoms with Gasteiger partial charge in [-0.2, -0.15) is 0 Å². The smallest absolute Gasteiger partial charge is 0.179 e. The number of aliphatic hydroxyl groups is 1. The number of carbonyl (C=O) groups excluding carboxylic acids is 1. The van der Waals surface area contributed by atoms with E-state index in [1.54, 1.807) is 0 Å². The molecule has 0 bridgehead atoms. The van der Waals surface area contributed by atoms with Crippen LogP contribution in [-0.2, 0) is 26.3 Å². The molecule has 2 aromatic rings. The molecule has 0 radical (unpaired) electrons. The summed E-state index contributed by atoms with van der Waals surface area (Å²) in [5.41, 5.74) is 12.1. The van der Waals surface area contributed by atoms with E-state index in [1.807, 2.05) is 17.7 Å². The Morgan fingerprint density at radius 3 is 2.86 bits per heavy atom. The highest BCUT2D eigenvalue weighted by molar-refractivity contribution is 5.94. The van der Waals surface area contributed by atoms with Crippen molar-refractivity contribution in [1.29, 1.82) is 0 Å². The van der Waals surface area contributed by atoms with Crippen molar-refractivity contribution >= 4 is 5.78 Å². The summed E-state index contributed by atoms with van der Waals surface area (Å²) in [6, 6.07) is 10.9. The molecule has 2 aliphatic rings. The summed E-state index contributed by atoms with van der Waals surface area (Å²) in [4.78, 5) is 12.8. The van der Waals surface area contributed by atoms with Crippen molar-refractivity contribution in [3.63, 3.8) is 0 Å². The van der Waals surface area contributed by atoms with Crippen molar-refractivity contribution in [3.8, 4) is 0 Å². The highest BCUT2D eigenvalue weighted by Crippen LogP contribution is 2.39. The summed E-state index contributed by atoms with van der Waals surface area (Å²) < 4.78 is 2.05. The van der Waals surface area contributed by atoms with Crippen molar-refractivity contribution in [2.75, 3.05) is 6.61 Å². The Labute approximate surface area is 167 Å². The van der Waals surface area contributed by atoms with Crippen molar-refractivity contribution in [3.05, 3.63) is 58.4 Å². The maximum atomic E-state index is 12.8. The number of aromatic nitrogens is 1. The minimum absolute atomic E-state index is 0.0302. The van der Waals surface area contributed by atoms with Crippen LogP contribution in [0.2, 0.25) is 0 Å². The minimum atomic E-state index is -0.463. The van der Waals surface area contributed by atoms with Crippen LogP contribution >= 0.6 is 0 Å². The van der Waals surface area contributed by atoms with E-state index in [0.29, 0.717) is 12.3 Å². The van der Waals surface area contributed by atoms with Gasteiger partial charge in [0.15, 0.2) is 5.78 Å². The maximum Gasteiger partial charge on any atom is 0.179 e. The predicted molar refractivity (Wildman–Crippen MR) is 112 cm³/mol. The highest BCUT2D eigenvalue weighted by Gasteiger charge is 2.37. The van der Waals surface area contributed by atoms with Gasteiger partial charge in [-0.15, -0.1) is 0 Å². The fourth-order valence-corrected chi connectivity index (χ4v) is 5.13. The largest absolute Gasteiger partial charge is 0.394 e. The number of nitrogens with zero attached hydrogens (tertiary/aromatic N) is 1. The molecule has 4 heteroatoms. The summed E-state index contributed by atoms with van der Waals surface area (Å²) >= 11 is 0. The molecule has 3 N–H and O–H groups in total. The van der Waals surface area contributed by atoms with Crippen molar-refractivity contribution in [2.24, 2.45) is 12.8 Å². The molecule has 2 atom stereocenters. The quantitative estimate of drug-likeness (QED) is 0.720. The number of carbonyl (C=O) groups is 1. The first kappa shape index (κ1) is 19.4. The van der Waals surface area contributed by atoms with Gasteiger partial charge in [-0.3, -0.25) is 4.79 Å². The zero-order valence-corrected chi connectivity index (χ0v) is 16.9. The molecule has 1 aromatic heterocycles. The van der Waals surface area contributed by atoms with Crippen LogP contribution in [0.15, 0.2) is 30.3 Å². The third kappa shape index (κ3) is 3.81. The van der Waals surface area contributed by atoms with Crippen LogP contribution in [0.4, 0.5) is 0 Å². The Balaban J connectivity index is 1.35. The SMILES string of the molecule is Cn1c(C(=O)CCCc2ccc3c(c2)CCC3)ccc1[C@H]1CC[C@](N)(CO)C1. The van der Waals surface area contributed by atoms with E-state index < -0.39 is 5.54 Å². The van der Waals surface area contributed by atoms with Gasteiger partial charge < -0.3 is 15.4 Å². The number of hydrogen-bond donors (Lipinski definition) is 2. The van der Waals surface area contributed by atoms with E-state index in [9.17, 15) is 9.90 Å². The van der Waals surface area contributed by atoms with Gasteiger partial charge in [0.2, 0.25) is 0 Å². The summed E-state index contributed by atoms with van der Waals surface area (Å²) in [6.45, 7) is 0.0302. The van der Waals surface area contributed by atoms with E-state index >= 15 is 0 Å². The van der Waals surface area contributed by atoms with Crippen LogP contribution in [0.3, 0.4) is 0 Å². The number of hydrogen-bond acceptors (Lipinski definition) is 3. The number of aryl methyl sites for hydroxylation is 3. The average Bonchev–Trinajstić information content (AvgIpc) is 3.40. The Kier molecular flexibility index (Phi) is 5.44. The number of Topliss-reactive ketones (excluding diaryl/α,β-unsaturated/α-hetero) is 1. The van der Waals surface area contributed by atoms with Gasteiger partial charge in [0, 0.05) is 30.6 Å². The summed E-state index contributed by atoms with van der Waals surface area (Å²) in [6.07, 6.45) is 8.72. The van der Waals surface area contributed by atoms with E-state index in [2.05, 4.69) is 24.3 Å². The molecule has 4 rings (SSSR count). The van der Waals surface area contributed by atoms with Crippen LogP contribution in [0.25, 0.3) is 0 Å². The number of benzene rings is 1. The first-order valence-electron chi connectivity index (χ1n) is 10.7. The fourth-order valence-electron chi connectivity index (χ4n) is 5.13. The van der Waals surface area contributed by atoms with Gasteiger partial charge in [0.1, 0.15) is 0 Å². The van der Waals surface area contributed by atoms with Gasteiger partial charge in [-0.05, 0) is 80.2 Å². The normalized spacial score (nSPS) is 23.9. The molecule has 150 valence electrons. The second-order valence-electron chi connectivity index (χ2n) is 8.90. The van der Waals surface area contributed by atoms with Gasteiger partial charge in [-0.25, -0.2) is 0 Å². The number of ketones is 1. The van der Waals surface area contributed by atoms with Gasteiger partial charge >= 0.3 is 0 Å². The number of aliphatic hydroxyl groups excluding tert-OH is 1. The molecule has 0 aliphatic heterocycles. The van der Waals surface area contributed by atoms with Crippen LogP contribution in [0, 0.1) is 0 Å². The molecule has 1 aromatic carbocycles. The molecule has 1 heterocycles. The second kappa shape index (κ2) is 7.84. The predicted octanol–water partition coefficient (Wildman–Crippen LogP) is 3.68. The Bertz CT molecular complexity index is 869. The van der Waals surface area contributed by atoms with E-state index in [-0.39, 0.29) is 12.4 Å². The van der Waals surface area contributed by atoms with Gasteiger partial charge in [0.25, 0.3) is 0 Å². The molecule has 1 saturated carbocycles. The molecular weight excluding hydrogens is 348 g/mol. The van der Waals surface area contributed by atoms with Gasteiger partial charge in [0.05, 0.1) is 12.3 Å². The highest BCUT2D eigenvalue weighted by atomic mass is 16.3. The Morgan fingerprint density at radius 1 is 1.25 bits per heavy atom. The summed E-state index contributed by atoms with van der Waals surface area (Å²) in [5, 5.41) is 9.51. The monoisotopic (exact) mass is 380 g/mol. The molecule has 0 unspecified atom stereocenters. The topological polar surface area (TPSA) is 68.2 Å². The molecule has 0 spiro atoms.